The van der Waals surface area contributed by atoms with Gasteiger partial charge in [0.25, 0.3) is 0 Å². The Bertz CT molecular complexity index is 401. The third-order valence-corrected chi connectivity index (χ3v) is 3.71. The van der Waals surface area contributed by atoms with Crippen molar-refractivity contribution in [1.82, 2.24) is 0 Å². The van der Waals surface area contributed by atoms with Gasteiger partial charge in [-0.25, -0.2) is 0 Å². The summed E-state index contributed by atoms with van der Waals surface area (Å²) in [5.74, 6) is 0.826. The van der Waals surface area contributed by atoms with Crippen molar-refractivity contribution in [2.75, 3.05) is 0 Å². The van der Waals surface area contributed by atoms with Crippen LogP contribution in [0.4, 0.5) is 0 Å². The van der Waals surface area contributed by atoms with Gasteiger partial charge in [0, 0.05) is 12.3 Å². The number of hydrogen-bond acceptors (Lipinski definition) is 2. The highest BCUT2D eigenvalue weighted by Gasteiger charge is 2.58. The average Bonchev–Trinajstić information content (AvgIpc) is 2.68. The summed E-state index contributed by atoms with van der Waals surface area (Å²) in [5, 5.41) is 10.5. The first kappa shape index (κ1) is 12.3. The van der Waals surface area contributed by atoms with Crippen LogP contribution in [0.1, 0.15) is 26.7 Å². The van der Waals surface area contributed by atoms with Crippen LogP contribution >= 0.6 is 0 Å². The van der Waals surface area contributed by atoms with Crippen molar-refractivity contribution >= 4 is 5.78 Å². The highest BCUT2D eigenvalue weighted by Crippen LogP contribution is 2.55. The van der Waals surface area contributed by atoms with E-state index in [1.807, 2.05) is 13.8 Å². The van der Waals surface area contributed by atoms with Crippen LogP contribution in [0.15, 0.2) is 36.5 Å². The van der Waals surface area contributed by atoms with Gasteiger partial charge in [0.15, 0.2) is 5.78 Å². The van der Waals surface area contributed by atoms with Crippen LogP contribution in [0.3, 0.4) is 0 Å². The fraction of sp³-hybridized carbons (Fsp3) is 0.533. The summed E-state index contributed by atoms with van der Waals surface area (Å²) < 4.78 is 0. The van der Waals surface area contributed by atoms with Gasteiger partial charge in [-0.05, 0) is 38.2 Å². The molecule has 1 fully saturated rings. The minimum absolute atomic E-state index is 0.0283. The average molecular weight is 232 g/mol. The first-order chi connectivity index (χ1) is 7.99. The normalized spacial score (nSPS) is 32.5. The van der Waals surface area contributed by atoms with Crippen LogP contribution in [-0.4, -0.2) is 16.5 Å². The van der Waals surface area contributed by atoms with Crippen molar-refractivity contribution in [2.24, 2.45) is 17.8 Å². The Labute approximate surface area is 103 Å². The summed E-state index contributed by atoms with van der Waals surface area (Å²) in [5.41, 5.74) is -0.382. The molecule has 0 bridgehead atoms. The molecule has 2 nitrogen and oxygen atoms in total. The van der Waals surface area contributed by atoms with Crippen LogP contribution in [0.25, 0.3) is 0 Å². The predicted octanol–water partition coefficient (Wildman–Crippen LogP) is 2.65. The molecule has 1 saturated carbocycles. The van der Waals surface area contributed by atoms with Crippen LogP contribution in [0, 0.1) is 17.8 Å². The Morgan fingerprint density at radius 3 is 2.76 bits per heavy atom. The molecule has 0 aliphatic heterocycles. The summed E-state index contributed by atoms with van der Waals surface area (Å²) in [6, 6.07) is 0. The fourth-order valence-electron chi connectivity index (χ4n) is 2.95. The number of fused-ring (bicyclic) bond motifs is 1. The molecule has 0 radical (unpaired) electrons. The number of ketones is 1. The van der Waals surface area contributed by atoms with E-state index in [2.05, 4.69) is 18.7 Å². The second kappa shape index (κ2) is 4.26. The second-order valence-electron chi connectivity index (χ2n) is 5.43. The number of carbonyl (C=O) groups is 1. The Morgan fingerprint density at radius 1 is 1.59 bits per heavy atom. The molecule has 0 aromatic carbocycles. The highest BCUT2D eigenvalue weighted by molar-refractivity contribution is 5.94. The van der Waals surface area contributed by atoms with Gasteiger partial charge in [-0.2, -0.15) is 0 Å². The van der Waals surface area contributed by atoms with E-state index in [9.17, 15) is 9.90 Å². The van der Waals surface area contributed by atoms with E-state index in [0.717, 1.165) is 12.0 Å². The largest absolute Gasteiger partial charge is 0.378 e. The summed E-state index contributed by atoms with van der Waals surface area (Å²) >= 11 is 0. The Hall–Kier alpha value is -1.15. The topological polar surface area (TPSA) is 37.3 Å². The minimum Gasteiger partial charge on any atom is -0.378 e. The molecule has 1 N–H and O–H groups in total. The molecule has 2 rings (SSSR count). The van der Waals surface area contributed by atoms with Crippen molar-refractivity contribution in [2.45, 2.75) is 32.3 Å². The van der Waals surface area contributed by atoms with Gasteiger partial charge in [0.2, 0.25) is 0 Å². The molecule has 0 amide bonds. The third kappa shape index (κ3) is 2.14. The quantitative estimate of drug-likeness (QED) is 0.740. The van der Waals surface area contributed by atoms with Crippen molar-refractivity contribution < 1.29 is 9.90 Å². The Morgan fingerprint density at radius 2 is 2.29 bits per heavy atom. The zero-order valence-corrected chi connectivity index (χ0v) is 10.5. The van der Waals surface area contributed by atoms with E-state index in [1.165, 1.54) is 0 Å². The highest BCUT2D eigenvalue weighted by atomic mass is 16.3. The lowest BCUT2D eigenvalue weighted by Crippen LogP contribution is -2.38. The van der Waals surface area contributed by atoms with Gasteiger partial charge in [-0.1, -0.05) is 23.8 Å². The molecule has 2 aliphatic carbocycles. The maximum absolute atomic E-state index is 12.4. The second-order valence-corrected chi connectivity index (χ2v) is 5.43. The molecule has 1 unspecified atom stereocenters. The molecule has 17 heavy (non-hydrogen) atoms. The fourth-order valence-corrected chi connectivity index (χ4v) is 2.95. The molecular weight excluding hydrogens is 212 g/mol. The van der Waals surface area contributed by atoms with Gasteiger partial charge in [0.05, 0.1) is 0 Å². The van der Waals surface area contributed by atoms with Gasteiger partial charge < -0.3 is 5.11 Å². The van der Waals surface area contributed by atoms with Crippen LogP contribution in [0.2, 0.25) is 0 Å². The minimum atomic E-state index is -1.34. The van der Waals surface area contributed by atoms with Gasteiger partial charge in [-0.3, -0.25) is 4.79 Å². The molecule has 0 spiro atoms. The molecule has 0 aromatic rings. The van der Waals surface area contributed by atoms with Gasteiger partial charge >= 0.3 is 0 Å². The van der Waals surface area contributed by atoms with Crippen molar-refractivity contribution in [3.8, 4) is 0 Å². The molecule has 0 heterocycles. The maximum atomic E-state index is 12.4. The number of allylic oxidation sites excluding steroid dienone is 3. The number of rotatable bonds is 5. The van der Waals surface area contributed by atoms with E-state index < -0.39 is 5.60 Å². The summed E-state index contributed by atoms with van der Waals surface area (Å²) in [6.07, 6.45) is 8.83. The lowest BCUT2D eigenvalue weighted by atomic mass is 9.88. The SMILES string of the molecule is C=CCC(O)(C=C(C)C)C(=O)[C@@H]1[C@H]2C=CC[C@H]21. The lowest BCUT2D eigenvalue weighted by Gasteiger charge is -2.23. The molecule has 4 atom stereocenters. The summed E-state index contributed by atoms with van der Waals surface area (Å²) in [4.78, 5) is 12.4. The molecule has 0 aromatic heterocycles. The number of Topliss-reactive ketones (excluding diaryl/α,β-unsaturated/α-hetero) is 1. The Kier molecular flexibility index (Phi) is 3.09. The Balaban J connectivity index is 2.17. The maximum Gasteiger partial charge on any atom is 0.172 e. The first-order valence-electron chi connectivity index (χ1n) is 6.20. The van der Waals surface area contributed by atoms with E-state index in [4.69, 9.17) is 0 Å². The zero-order valence-electron chi connectivity index (χ0n) is 10.5. The van der Waals surface area contributed by atoms with Crippen LogP contribution in [-0.2, 0) is 4.79 Å². The lowest BCUT2D eigenvalue weighted by molar-refractivity contribution is -0.134. The van der Waals surface area contributed by atoms with Crippen molar-refractivity contribution in [3.05, 3.63) is 36.5 Å². The third-order valence-electron chi connectivity index (χ3n) is 3.71. The monoisotopic (exact) mass is 232 g/mol. The first-order valence-corrected chi connectivity index (χ1v) is 6.20. The van der Waals surface area contributed by atoms with Gasteiger partial charge in [0.1, 0.15) is 5.60 Å². The number of aliphatic hydroxyl groups is 1. The molecule has 2 heteroatoms. The summed E-state index contributed by atoms with van der Waals surface area (Å²) in [6.45, 7) is 7.43. The zero-order chi connectivity index (χ0) is 12.6. The van der Waals surface area contributed by atoms with E-state index in [-0.39, 0.29) is 11.7 Å². The van der Waals surface area contributed by atoms with Crippen LogP contribution in [0.5, 0.6) is 0 Å². The molecule has 0 saturated heterocycles. The van der Waals surface area contributed by atoms with Gasteiger partial charge in [-0.15, -0.1) is 6.58 Å². The number of hydrogen-bond donors (Lipinski definition) is 1. The van der Waals surface area contributed by atoms with Crippen molar-refractivity contribution in [3.63, 3.8) is 0 Å². The van der Waals surface area contributed by atoms with Crippen molar-refractivity contribution in [1.29, 1.82) is 0 Å². The summed E-state index contributed by atoms with van der Waals surface area (Å²) in [7, 11) is 0. The van der Waals surface area contributed by atoms with E-state index in [1.54, 1.807) is 12.2 Å². The van der Waals surface area contributed by atoms with E-state index >= 15 is 0 Å². The number of carbonyl (C=O) groups excluding carboxylic acids is 1. The van der Waals surface area contributed by atoms with Crippen LogP contribution < -0.4 is 0 Å². The molecular formula is C15H20O2. The van der Waals surface area contributed by atoms with E-state index in [0.29, 0.717) is 18.3 Å². The predicted molar refractivity (Wildman–Crippen MR) is 68.4 cm³/mol. The molecule has 92 valence electrons. The smallest absolute Gasteiger partial charge is 0.172 e. The molecule has 2 aliphatic rings. The standard InChI is InChI=1S/C15H20O2/c1-4-8-15(17,9-10(2)3)14(16)13-11-6-5-7-12(11)13/h4-6,9,11-13,17H,1,7-8H2,2-3H3/t11-,12+,13+,15?/m0/s1.